The van der Waals surface area contributed by atoms with Crippen LogP contribution in [0.15, 0.2) is 28.7 Å². The number of nitrogens with one attached hydrogen (secondary N) is 2. The number of hydrogen-bond acceptors (Lipinski definition) is 3. The van der Waals surface area contributed by atoms with Crippen LogP contribution in [0.3, 0.4) is 0 Å². The minimum absolute atomic E-state index is 0.0649. The molecule has 0 fully saturated rings. The Labute approximate surface area is 127 Å². The highest BCUT2D eigenvalue weighted by Gasteiger charge is 2.12. The predicted octanol–water partition coefficient (Wildman–Crippen LogP) is 2.64. The molecule has 2 rings (SSSR count). The molecule has 0 saturated carbocycles. The summed E-state index contributed by atoms with van der Waals surface area (Å²) in [7, 11) is 1.88. The van der Waals surface area contributed by atoms with Crippen LogP contribution in [0.1, 0.15) is 23.0 Å². The van der Waals surface area contributed by atoms with E-state index < -0.39 is 0 Å². The maximum atomic E-state index is 12.3. The topological polar surface area (TPSA) is 54.0 Å². The van der Waals surface area contributed by atoms with Crippen LogP contribution >= 0.6 is 15.9 Å². The Bertz CT molecular complexity index is 637. The van der Waals surface area contributed by atoms with Crippen molar-refractivity contribution in [2.45, 2.75) is 19.9 Å². The molecule has 106 valence electrons. The SMILES string of the molecule is CNC(C)CNC(=O)c1cc(C)nc2cc(Br)ccc12. The molecule has 2 aromatic rings. The summed E-state index contributed by atoms with van der Waals surface area (Å²) >= 11 is 3.43. The van der Waals surface area contributed by atoms with E-state index in [1.807, 2.05) is 45.2 Å². The second-order valence-electron chi connectivity index (χ2n) is 4.87. The fourth-order valence-corrected chi connectivity index (χ4v) is 2.31. The standard InChI is InChI=1S/C15H18BrN3O/c1-9-6-13(15(20)18-8-10(2)17-3)12-5-4-11(16)7-14(12)19-9/h4-7,10,17H,8H2,1-3H3,(H,18,20). The van der Waals surface area contributed by atoms with Crippen LogP contribution in [0.5, 0.6) is 0 Å². The van der Waals surface area contributed by atoms with Crippen LogP contribution in [0, 0.1) is 6.92 Å². The summed E-state index contributed by atoms with van der Waals surface area (Å²) in [6, 6.07) is 7.84. The number of halogens is 1. The number of aromatic nitrogens is 1. The first-order chi connectivity index (χ1) is 9.51. The van der Waals surface area contributed by atoms with Crippen molar-refractivity contribution in [3.8, 4) is 0 Å². The minimum Gasteiger partial charge on any atom is -0.350 e. The van der Waals surface area contributed by atoms with E-state index in [9.17, 15) is 4.79 Å². The molecule has 1 amide bonds. The van der Waals surface area contributed by atoms with Gasteiger partial charge in [0.05, 0.1) is 11.1 Å². The van der Waals surface area contributed by atoms with E-state index in [1.165, 1.54) is 0 Å². The van der Waals surface area contributed by atoms with Gasteiger partial charge in [0.25, 0.3) is 5.91 Å². The predicted molar refractivity (Wildman–Crippen MR) is 85.0 cm³/mol. The number of likely N-dealkylation sites (N-methyl/N-ethyl adjacent to an activating group) is 1. The number of pyridine rings is 1. The molecule has 0 bridgehead atoms. The van der Waals surface area contributed by atoms with Crippen molar-refractivity contribution in [3.05, 3.63) is 40.0 Å². The van der Waals surface area contributed by atoms with Crippen LogP contribution in [-0.2, 0) is 0 Å². The van der Waals surface area contributed by atoms with Gasteiger partial charge in [-0.3, -0.25) is 9.78 Å². The molecule has 5 heteroatoms. The number of carbonyl (C=O) groups excluding carboxylic acids is 1. The van der Waals surface area contributed by atoms with Gasteiger partial charge in [0.15, 0.2) is 0 Å². The van der Waals surface area contributed by atoms with E-state index in [4.69, 9.17) is 0 Å². The normalized spacial score (nSPS) is 12.4. The van der Waals surface area contributed by atoms with E-state index in [-0.39, 0.29) is 11.9 Å². The Balaban J connectivity index is 2.35. The Hall–Kier alpha value is -1.46. The minimum atomic E-state index is -0.0649. The van der Waals surface area contributed by atoms with Crippen molar-refractivity contribution in [2.75, 3.05) is 13.6 Å². The molecular weight excluding hydrogens is 318 g/mol. The molecule has 1 aromatic heterocycles. The summed E-state index contributed by atoms with van der Waals surface area (Å²) in [6.07, 6.45) is 0. The molecule has 2 N–H and O–H groups in total. The molecular formula is C15H18BrN3O. The number of hydrogen-bond donors (Lipinski definition) is 2. The molecule has 0 aliphatic heterocycles. The Morgan fingerprint density at radius 3 is 2.85 bits per heavy atom. The highest BCUT2D eigenvalue weighted by atomic mass is 79.9. The maximum absolute atomic E-state index is 12.3. The van der Waals surface area contributed by atoms with E-state index >= 15 is 0 Å². The van der Waals surface area contributed by atoms with Gasteiger partial charge >= 0.3 is 0 Å². The number of benzene rings is 1. The fraction of sp³-hybridized carbons (Fsp3) is 0.333. The number of carbonyl (C=O) groups is 1. The van der Waals surface area contributed by atoms with Gasteiger partial charge < -0.3 is 10.6 Å². The first-order valence-corrected chi connectivity index (χ1v) is 7.33. The molecule has 4 nitrogen and oxygen atoms in total. The monoisotopic (exact) mass is 335 g/mol. The first kappa shape index (κ1) is 14.9. The van der Waals surface area contributed by atoms with Crippen molar-refractivity contribution in [3.63, 3.8) is 0 Å². The molecule has 0 saturated heterocycles. The van der Waals surface area contributed by atoms with E-state index in [2.05, 4.69) is 31.5 Å². The van der Waals surface area contributed by atoms with Crippen LogP contribution in [0.4, 0.5) is 0 Å². The highest BCUT2D eigenvalue weighted by Crippen LogP contribution is 2.22. The van der Waals surface area contributed by atoms with Crippen molar-refractivity contribution >= 4 is 32.7 Å². The van der Waals surface area contributed by atoms with Gasteiger partial charge in [-0.15, -0.1) is 0 Å². The zero-order valence-electron chi connectivity index (χ0n) is 11.8. The van der Waals surface area contributed by atoms with Crippen molar-refractivity contribution in [2.24, 2.45) is 0 Å². The number of rotatable bonds is 4. The van der Waals surface area contributed by atoms with Gasteiger partial charge in [-0.1, -0.05) is 22.0 Å². The number of amides is 1. The van der Waals surface area contributed by atoms with Crippen molar-refractivity contribution in [1.29, 1.82) is 0 Å². The summed E-state index contributed by atoms with van der Waals surface area (Å²) in [5.41, 5.74) is 2.33. The van der Waals surface area contributed by atoms with Gasteiger partial charge in [0.2, 0.25) is 0 Å². The van der Waals surface area contributed by atoms with E-state index in [1.54, 1.807) is 0 Å². The molecule has 1 unspecified atom stereocenters. The Kier molecular flexibility index (Phi) is 4.73. The smallest absolute Gasteiger partial charge is 0.252 e. The van der Waals surface area contributed by atoms with Gasteiger partial charge in [-0.2, -0.15) is 0 Å². The second-order valence-corrected chi connectivity index (χ2v) is 5.79. The van der Waals surface area contributed by atoms with Gasteiger partial charge in [-0.25, -0.2) is 0 Å². The first-order valence-electron chi connectivity index (χ1n) is 6.53. The molecule has 20 heavy (non-hydrogen) atoms. The number of nitrogens with zero attached hydrogens (tertiary/aromatic N) is 1. The summed E-state index contributed by atoms with van der Waals surface area (Å²) in [6.45, 7) is 4.51. The summed E-state index contributed by atoms with van der Waals surface area (Å²) in [5.74, 6) is -0.0649. The van der Waals surface area contributed by atoms with Gasteiger partial charge in [0.1, 0.15) is 0 Å². The zero-order valence-corrected chi connectivity index (χ0v) is 13.4. The van der Waals surface area contributed by atoms with Crippen molar-refractivity contribution < 1.29 is 4.79 Å². The molecule has 0 radical (unpaired) electrons. The fourth-order valence-electron chi connectivity index (χ4n) is 1.96. The lowest BCUT2D eigenvalue weighted by Crippen LogP contribution is -2.37. The zero-order chi connectivity index (χ0) is 14.7. The Morgan fingerprint density at radius 2 is 2.15 bits per heavy atom. The molecule has 1 aromatic carbocycles. The quantitative estimate of drug-likeness (QED) is 0.903. The summed E-state index contributed by atoms with van der Waals surface area (Å²) < 4.78 is 0.957. The van der Waals surface area contributed by atoms with Crippen LogP contribution in [0.2, 0.25) is 0 Å². The third kappa shape index (κ3) is 3.35. The van der Waals surface area contributed by atoms with E-state index in [0.717, 1.165) is 21.1 Å². The lowest BCUT2D eigenvalue weighted by Gasteiger charge is -2.13. The average Bonchev–Trinajstić information content (AvgIpc) is 2.42. The van der Waals surface area contributed by atoms with E-state index in [0.29, 0.717) is 12.1 Å². The van der Waals surface area contributed by atoms with Gasteiger partial charge in [-0.05, 0) is 39.1 Å². The molecule has 1 atom stereocenters. The molecule has 0 aliphatic rings. The largest absolute Gasteiger partial charge is 0.350 e. The molecule has 0 aliphatic carbocycles. The third-order valence-electron chi connectivity index (χ3n) is 3.21. The lowest BCUT2D eigenvalue weighted by molar-refractivity contribution is 0.0952. The number of fused-ring (bicyclic) bond motifs is 1. The second kappa shape index (κ2) is 6.33. The summed E-state index contributed by atoms with van der Waals surface area (Å²) in [5, 5.41) is 6.91. The van der Waals surface area contributed by atoms with Gasteiger partial charge in [0, 0.05) is 28.1 Å². The highest BCUT2D eigenvalue weighted by molar-refractivity contribution is 9.10. The molecule has 0 spiro atoms. The third-order valence-corrected chi connectivity index (χ3v) is 3.70. The number of aryl methyl sites for hydroxylation is 1. The summed E-state index contributed by atoms with van der Waals surface area (Å²) in [4.78, 5) is 16.8. The van der Waals surface area contributed by atoms with Crippen LogP contribution < -0.4 is 10.6 Å². The van der Waals surface area contributed by atoms with Crippen molar-refractivity contribution in [1.82, 2.24) is 15.6 Å². The lowest BCUT2D eigenvalue weighted by atomic mass is 10.1. The molecule has 1 heterocycles. The van der Waals surface area contributed by atoms with Crippen LogP contribution in [-0.4, -0.2) is 30.5 Å². The Morgan fingerprint density at radius 1 is 1.40 bits per heavy atom. The average molecular weight is 336 g/mol. The maximum Gasteiger partial charge on any atom is 0.252 e. The van der Waals surface area contributed by atoms with Crippen LogP contribution in [0.25, 0.3) is 10.9 Å².